The minimum Gasteiger partial charge on any atom is -0.423 e. The van der Waals surface area contributed by atoms with Gasteiger partial charge in [-0.05, 0) is 72.9 Å². The Morgan fingerprint density at radius 1 is 0.881 bits per heavy atom. The van der Waals surface area contributed by atoms with Crippen molar-refractivity contribution in [1.29, 1.82) is 0 Å². The van der Waals surface area contributed by atoms with Crippen LogP contribution in [0.3, 0.4) is 0 Å². The number of hydrogen-bond acceptors (Lipinski definition) is 8. The second-order valence-corrected chi connectivity index (χ2v) is 10.5. The van der Waals surface area contributed by atoms with Gasteiger partial charge >= 0.3 is 17.9 Å². The average Bonchev–Trinajstić information content (AvgIpc) is 3.00. The quantitative estimate of drug-likeness (QED) is 0.157. The molecule has 0 atom stereocenters. The van der Waals surface area contributed by atoms with E-state index in [2.05, 4.69) is 20.1 Å². The topological polar surface area (TPSA) is 108 Å². The highest BCUT2D eigenvalue weighted by molar-refractivity contribution is 5.91. The summed E-state index contributed by atoms with van der Waals surface area (Å²) >= 11 is 0. The van der Waals surface area contributed by atoms with Gasteiger partial charge in [0.2, 0.25) is 0 Å². The van der Waals surface area contributed by atoms with Gasteiger partial charge < -0.3 is 24.1 Å². The van der Waals surface area contributed by atoms with Crippen LogP contribution in [0.25, 0.3) is 11.1 Å². The Morgan fingerprint density at radius 2 is 1.55 bits per heavy atom. The lowest BCUT2D eigenvalue weighted by Crippen LogP contribution is -2.15. The Hall–Kier alpha value is -4.01. The zero-order valence-electron chi connectivity index (χ0n) is 24.4. The molecule has 0 amide bonds. The van der Waals surface area contributed by atoms with E-state index in [0.29, 0.717) is 11.5 Å². The zero-order chi connectivity index (χ0) is 30.5. The van der Waals surface area contributed by atoms with Crippen LogP contribution in [0.1, 0.15) is 51.9 Å². The van der Waals surface area contributed by atoms with Crippen molar-refractivity contribution in [1.82, 2.24) is 0 Å². The molecule has 0 radical (unpaired) electrons. The molecule has 1 fully saturated rings. The maximum Gasteiger partial charge on any atom is 0.341 e. The van der Waals surface area contributed by atoms with E-state index in [4.69, 9.17) is 24.1 Å². The van der Waals surface area contributed by atoms with Gasteiger partial charge in [-0.15, -0.1) is 0 Å². The molecule has 0 aromatic heterocycles. The number of unbranched alkanes of at least 4 members (excludes halogenated alkanes) is 1. The fraction of sp³-hybridized carbons (Fsp3) is 0.382. The predicted octanol–water partition coefficient (Wildman–Crippen LogP) is 6.37. The molecule has 0 bridgehead atoms. The molecule has 2 aromatic carbocycles. The first-order chi connectivity index (χ1) is 20.2. The fourth-order valence-electron chi connectivity index (χ4n) is 4.74. The molecule has 0 aliphatic heterocycles. The van der Waals surface area contributed by atoms with Crippen LogP contribution in [0, 0.1) is 11.8 Å². The van der Waals surface area contributed by atoms with E-state index >= 15 is 0 Å². The van der Waals surface area contributed by atoms with Gasteiger partial charge in [-0.25, -0.2) is 14.4 Å². The minimum absolute atomic E-state index is 0.00194. The van der Waals surface area contributed by atoms with E-state index < -0.39 is 24.5 Å². The minimum atomic E-state index is -0.724. The molecule has 1 saturated carbocycles. The van der Waals surface area contributed by atoms with Crippen molar-refractivity contribution in [3.8, 4) is 28.4 Å². The van der Waals surface area contributed by atoms with Crippen LogP contribution in [0.2, 0.25) is 0 Å². The zero-order valence-corrected chi connectivity index (χ0v) is 24.4. The van der Waals surface area contributed by atoms with Gasteiger partial charge in [-0.3, -0.25) is 0 Å². The van der Waals surface area contributed by atoms with Crippen LogP contribution in [0.4, 0.5) is 0 Å². The molecule has 8 nitrogen and oxygen atoms in total. The van der Waals surface area contributed by atoms with Crippen LogP contribution in [-0.2, 0) is 19.1 Å². The number of rotatable bonds is 14. The summed E-state index contributed by atoms with van der Waals surface area (Å²) in [5, 5.41) is 9.05. The standard InChI is InChI=1S/C34H40O8/c1-5-6-7-25-8-10-26(11-9-25)12-19-32(36)41-31-20-28(15-18-30(31)42-34(38)24(3)22-39-4)27-13-16-29(17-14-27)40-33(37)23(2)21-35/h12-20,25-26,35H,2-3,5-11,21-22H2,1,4H3/b19-12+. The molecule has 0 heterocycles. The summed E-state index contributed by atoms with van der Waals surface area (Å²) in [6, 6.07) is 11.5. The summed E-state index contributed by atoms with van der Waals surface area (Å²) in [6.07, 6.45) is 11.6. The number of benzene rings is 2. The maximum atomic E-state index is 12.8. The Balaban J connectivity index is 1.75. The normalized spacial score (nSPS) is 16.5. The number of aliphatic hydroxyl groups is 1. The predicted molar refractivity (Wildman–Crippen MR) is 160 cm³/mol. The summed E-state index contributed by atoms with van der Waals surface area (Å²) in [5.74, 6) is -0.484. The Morgan fingerprint density at radius 3 is 2.19 bits per heavy atom. The molecule has 8 heteroatoms. The molecule has 1 aliphatic rings. The lowest BCUT2D eigenvalue weighted by molar-refractivity contribution is -0.132. The SMILES string of the molecule is C=C(CO)C(=O)Oc1ccc(-c2ccc(OC(=O)C(=C)COC)c(OC(=O)/C=C/C3CCC(CCCC)CC3)c2)cc1. The van der Waals surface area contributed by atoms with Crippen molar-refractivity contribution in [2.24, 2.45) is 11.8 Å². The molecule has 3 rings (SSSR count). The molecule has 1 N–H and O–H groups in total. The molecular formula is C34H40O8. The number of aliphatic hydroxyl groups excluding tert-OH is 1. The summed E-state index contributed by atoms with van der Waals surface area (Å²) in [4.78, 5) is 37.2. The molecular weight excluding hydrogens is 536 g/mol. The van der Waals surface area contributed by atoms with Crippen LogP contribution >= 0.6 is 0 Å². The molecule has 0 spiro atoms. The third kappa shape index (κ3) is 9.82. The first kappa shape index (κ1) is 32.5. The smallest absolute Gasteiger partial charge is 0.341 e. The number of ether oxygens (including phenoxy) is 4. The van der Waals surface area contributed by atoms with Gasteiger partial charge in [0, 0.05) is 13.2 Å². The highest BCUT2D eigenvalue weighted by Gasteiger charge is 2.20. The van der Waals surface area contributed by atoms with Crippen LogP contribution in [-0.4, -0.2) is 43.3 Å². The van der Waals surface area contributed by atoms with E-state index in [0.717, 1.165) is 24.3 Å². The van der Waals surface area contributed by atoms with Gasteiger partial charge in [0.1, 0.15) is 5.75 Å². The molecule has 42 heavy (non-hydrogen) atoms. The lowest BCUT2D eigenvalue weighted by atomic mass is 9.80. The van der Waals surface area contributed by atoms with E-state index in [1.54, 1.807) is 36.4 Å². The highest BCUT2D eigenvalue weighted by Crippen LogP contribution is 2.35. The number of carbonyl (C=O) groups is 3. The largest absolute Gasteiger partial charge is 0.423 e. The van der Waals surface area contributed by atoms with Crippen LogP contribution in [0.5, 0.6) is 17.2 Å². The maximum absolute atomic E-state index is 12.8. The average molecular weight is 577 g/mol. The van der Waals surface area contributed by atoms with Crippen molar-refractivity contribution in [3.05, 3.63) is 78.9 Å². The summed E-state index contributed by atoms with van der Waals surface area (Å²) in [5.41, 5.74) is 1.45. The van der Waals surface area contributed by atoms with Crippen molar-refractivity contribution < 1.29 is 38.4 Å². The summed E-state index contributed by atoms with van der Waals surface area (Å²) in [6.45, 7) is 8.84. The van der Waals surface area contributed by atoms with Crippen molar-refractivity contribution in [2.45, 2.75) is 51.9 Å². The molecule has 2 aromatic rings. The number of hydrogen-bond donors (Lipinski definition) is 1. The third-order valence-electron chi connectivity index (χ3n) is 7.20. The Labute approximate surface area is 247 Å². The van der Waals surface area contributed by atoms with Gasteiger partial charge in [-0.1, -0.05) is 63.6 Å². The van der Waals surface area contributed by atoms with E-state index in [1.807, 2.05) is 6.08 Å². The number of allylic oxidation sites excluding steroid dienone is 1. The first-order valence-corrected chi connectivity index (χ1v) is 14.3. The monoisotopic (exact) mass is 576 g/mol. The number of carbonyl (C=O) groups excluding carboxylic acids is 3. The van der Waals surface area contributed by atoms with E-state index in [1.165, 1.54) is 51.4 Å². The van der Waals surface area contributed by atoms with Crippen LogP contribution < -0.4 is 14.2 Å². The van der Waals surface area contributed by atoms with Crippen molar-refractivity contribution in [2.75, 3.05) is 20.3 Å². The number of esters is 3. The second-order valence-electron chi connectivity index (χ2n) is 10.5. The first-order valence-electron chi connectivity index (χ1n) is 14.3. The highest BCUT2D eigenvalue weighted by atomic mass is 16.6. The van der Waals surface area contributed by atoms with Crippen LogP contribution in [0.15, 0.2) is 78.9 Å². The van der Waals surface area contributed by atoms with Crippen molar-refractivity contribution in [3.63, 3.8) is 0 Å². The van der Waals surface area contributed by atoms with E-state index in [9.17, 15) is 14.4 Å². The number of methoxy groups -OCH3 is 1. The molecule has 1 aliphatic carbocycles. The summed E-state index contributed by atoms with van der Waals surface area (Å²) in [7, 11) is 1.44. The fourth-order valence-corrected chi connectivity index (χ4v) is 4.74. The van der Waals surface area contributed by atoms with Crippen molar-refractivity contribution >= 4 is 17.9 Å². The Bertz CT molecular complexity index is 1280. The molecule has 0 saturated heterocycles. The molecule has 0 unspecified atom stereocenters. The van der Waals surface area contributed by atoms with Gasteiger partial charge in [0.25, 0.3) is 0 Å². The second kappa shape index (κ2) is 16.4. The van der Waals surface area contributed by atoms with Gasteiger partial charge in [-0.2, -0.15) is 0 Å². The van der Waals surface area contributed by atoms with Gasteiger partial charge in [0.15, 0.2) is 11.5 Å². The summed E-state index contributed by atoms with van der Waals surface area (Å²) < 4.78 is 21.3. The Kier molecular flexibility index (Phi) is 12.7. The van der Waals surface area contributed by atoms with E-state index in [-0.39, 0.29) is 35.0 Å². The lowest BCUT2D eigenvalue weighted by Gasteiger charge is -2.26. The molecule has 224 valence electrons. The van der Waals surface area contributed by atoms with Gasteiger partial charge in [0.05, 0.1) is 24.4 Å². The third-order valence-corrected chi connectivity index (χ3v) is 7.20.